The van der Waals surface area contributed by atoms with Gasteiger partial charge in [0.1, 0.15) is 11.5 Å². The summed E-state index contributed by atoms with van der Waals surface area (Å²) in [5.74, 6) is 1.36. The predicted molar refractivity (Wildman–Crippen MR) is 78.7 cm³/mol. The van der Waals surface area contributed by atoms with Gasteiger partial charge in [-0.3, -0.25) is 5.43 Å². The first-order valence-electron chi connectivity index (χ1n) is 5.56. The van der Waals surface area contributed by atoms with Crippen molar-refractivity contribution in [3.05, 3.63) is 48.4 Å². The van der Waals surface area contributed by atoms with Crippen LogP contribution in [-0.4, -0.2) is 18.4 Å². The molecule has 0 fully saturated rings. The van der Waals surface area contributed by atoms with E-state index in [1.54, 1.807) is 25.5 Å². The lowest BCUT2D eigenvalue weighted by Crippen LogP contribution is -2.24. The van der Waals surface area contributed by atoms with Crippen molar-refractivity contribution in [2.24, 2.45) is 5.10 Å². The summed E-state index contributed by atoms with van der Waals surface area (Å²) in [5, 5.41) is 7.31. The summed E-state index contributed by atoms with van der Waals surface area (Å²) in [6.45, 7) is 0. The van der Waals surface area contributed by atoms with Gasteiger partial charge in [0, 0.05) is 0 Å². The molecule has 0 bridgehead atoms. The minimum atomic E-state index is 0.368. The van der Waals surface area contributed by atoms with Crippen LogP contribution in [0.15, 0.2) is 52.2 Å². The van der Waals surface area contributed by atoms with E-state index in [1.807, 2.05) is 24.3 Å². The van der Waals surface area contributed by atoms with Crippen LogP contribution in [0.3, 0.4) is 0 Å². The van der Waals surface area contributed by atoms with Gasteiger partial charge in [-0.2, -0.15) is 5.10 Å². The number of nitrogens with one attached hydrogen (secondary N) is 2. The third kappa shape index (κ3) is 3.82. The highest BCUT2D eigenvalue weighted by Crippen LogP contribution is 2.22. The van der Waals surface area contributed by atoms with Gasteiger partial charge in [-0.05, 0) is 36.5 Å². The average Bonchev–Trinajstić information content (AvgIpc) is 2.92. The second-order valence-electron chi connectivity index (χ2n) is 3.54. The highest BCUT2D eigenvalue weighted by molar-refractivity contribution is 7.80. The van der Waals surface area contributed by atoms with Gasteiger partial charge >= 0.3 is 0 Å². The molecule has 0 saturated carbocycles. The Morgan fingerprint density at radius 1 is 1.32 bits per heavy atom. The Kier molecular flexibility index (Phi) is 4.52. The summed E-state index contributed by atoms with van der Waals surface area (Å²) in [6, 6.07) is 11.1. The van der Waals surface area contributed by atoms with Gasteiger partial charge in [-0.1, -0.05) is 12.1 Å². The molecule has 6 heteroatoms. The lowest BCUT2D eigenvalue weighted by molar-refractivity contribution is 0.417. The molecule has 5 nitrogen and oxygen atoms in total. The van der Waals surface area contributed by atoms with Crippen LogP contribution in [-0.2, 0) is 0 Å². The summed E-state index contributed by atoms with van der Waals surface area (Å²) < 4.78 is 10.3. The molecule has 1 aromatic heterocycles. The quantitative estimate of drug-likeness (QED) is 0.510. The number of rotatable bonds is 4. The highest BCUT2D eigenvalue weighted by Gasteiger charge is 2.02. The fourth-order valence-electron chi connectivity index (χ4n) is 1.42. The molecular formula is C13H13N3O2S. The first-order chi connectivity index (χ1) is 9.29. The Labute approximate surface area is 116 Å². The lowest BCUT2D eigenvalue weighted by Gasteiger charge is -2.10. The summed E-state index contributed by atoms with van der Waals surface area (Å²) in [6.07, 6.45) is 3.11. The number of hydrazone groups is 1. The maximum Gasteiger partial charge on any atom is 0.191 e. The van der Waals surface area contributed by atoms with Crippen molar-refractivity contribution in [1.82, 2.24) is 5.43 Å². The van der Waals surface area contributed by atoms with Crippen molar-refractivity contribution in [3.8, 4) is 5.75 Å². The molecule has 0 saturated heterocycles. The number of hydrogen-bond acceptors (Lipinski definition) is 4. The molecule has 0 unspecified atom stereocenters. The van der Waals surface area contributed by atoms with E-state index in [2.05, 4.69) is 15.8 Å². The number of nitrogens with zero attached hydrogens (tertiary/aromatic N) is 1. The second kappa shape index (κ2) is 6.55. The number of thiocarbonyl (C=S) groups is 1. The smallest absolute Gasteiger partial charge is 0.191 e. The Morgan fingerprint density at radius 3 is 2.89 bits per heavy atom. The number of anilines is 1. The lowest BCUT2D eigenvalue weighted by atomic mass is 10.3. The molecule has 1 heterocycles. The molecule has 0 aliphatic rings. The first-order valence-corrected chi connectivity index (χ1v) is 5.97. The van der Waals surface area contributed by atoms with Crippen LogP contribution in [0.4, 0.5) is 5.69 Å². The van der Waals surface area contributed by atoms with Crippen LogP contribution >= 0.6 is 12.2 Å². The fourth-order valence-corrected chi connectivity index (χ4v) is 1.58. The van der Waals surface area contributed by atoms with E-state index in [1.165, 1.54) is 6.21 Å². The van der Waals surface area contributed by atoms with Gasteiger partial charge in [0.2, 0.25) is 0 Å². The molecule has 2 N–H and O–H groups in total. The zero-order valence-electron chi connectivity index (χ0n) is 10.3. The maximum absolute atomic E-state index is 5.21. The van der Waals surface area contributed by atoms with Crippen molar-refractivity contribution >= 4 is 29.2 Å². The van der Waals surface area contributed by atoms with Crippen molar-refractivity contribution in [1.29, 1.82) is 0 Å². The number of para-hydroxylation sites is 2. The Morgan fingerprint density at radius 2 is 2.16 bits per heavy atom. The van der Waals surface area contributed by atoms with E-state index in [0.29, 0.717) is 16.6 Å². The number of furan rings is 1. The molecule has 0 atom stereocenters. The van der Waals surface area contributed by atoms with Crippen molar-refractivity contribution < 1.29 is 9.15 Å². The van der Waals surface area contributed by atoms with Crippen LogP contribution in [0.2, 0.25) is 0 Å². The number of hydrogen-bond donors (Lipinski definition) is 2. The molecule has 0 amide bonds. The molecule has 98 valence electrons. The van der Waals surface area contributed by atoms with E-state index in [4.69, 9.17) is 21.4 Å². The molecular weight excluding hydrogens is 262 g/mol. The number of benzene rings is 1. The largest absolute Gasteiger partial charge is 0.495 e. The van der Waals surface area contributed by atoms with Crippen LogP contribution in [0.5, 0.6) is 5.75 Å². The molecule has 2 rings (SSSR count). The van der Waals surface area contributed by atoms with Crippen LogP contribution < -0.4 is 15.5 Å². The molecule has 0 radical (unpaired) electrons. The third-order valence-electron chi connectivity index (χ3n) is 2.26. The fraction of sp³-hybridized carbons (Fsp3) is 0.0769. The SMILES string of the molecule is COc1ccccc1NC(=S)NN=Cc1ccco1. The molecule has 19 heavy (non-hydrogen) atoms. The minimum absolute atomic E-state index is 0.368. The highest BCUT2D eigenvalue weighted by atomic mass is 32.1. The second-order valence-corrected chi connectivity index (χ2v) is 3.95. The average molecular weight is 275 g/mol. The Bertz CT molecular complexity index is 567. The summed E-state index contributed by atoms with van der Waals surface area (Å²) in [5.41, 5.74) is 3.47. The Hall–Kier alpha value is -2.34. The summed E-state index contributed by atoms with van der Waals surface area (Å²) in [7, 11) is 1.60. The Balaban J connectivity index is 1.91. The molecule has 2 aromatic rings. The summed E-state index contributed by atoms with van der Waals surface area (Å²) >= 11 is 5.12. The van der Waals surface area contributed by atoms with Crippen molar-refractivity contribution in [3.63, 3.8) is 0 Å². The zero-order valence-corrected chi connectivity index (χ0v) is 11.1. The van der Waals surface area contributed by atoms with Crippen LogP contribution in [0.1, 0.15) is 5.76 Å². The maximum atomic E-state index is 5.21. The number of ether oxygens (including phenoxy) is 1. The topological polar surface area (TPSA) is 58.8 Å². The van der Waals surface area contributed by atoms with E-state index in [-0.39, 0.29) is 0 Å². The van der Waals surface area contributed by atoms with Gasteiger partial charge < -0.3 is 14.5 Å². The summed E-state index contributed by atoms with van der Waals surface area (Å²) in [4.78, 5) is 0. The van der Waals surface area contributed by atoms with Crippen molar-refractivity contribution in [2.45, 2.75) is 0 Å². The monoisotopic (exact) mass is 275 g/mol. The van der Waals surface area contributed by atoms with Gasteiger partial charge in [0.25, 0.3) is 0 Å². The van der Waals surface area contributed by atoms with E-state index < -0.39 is 0 Å². The van der Waals surface area contributed by atoms with Gasteiger partial charge in [0.05, 0.1) is 25.3 Å². The third-order valence-corrected chi connectivity index (χ3v) is 2.45. The standard InChI is InChI=1S/C13H13N3O2S/c1-17-12-7-3-2-6-11(12)15-13(19)16-14-9-10-5-4-8-18-10/h2-9H,1H3,(H2,15,16,19). The predicted octanol–water partition coefficient (Wildman–Crippen LogP) is 2.61. The van der Waals surface area contributed by atoms with Gasteiger partial charge in [-0.15, -0.1) is 0 Å². The number of methoxy groups -OCH3 is 1. The molecule has 0 aliphatic carbocycles. The molecule has 0 aliphatic heterocycles. The van der Waals surface area contributed by atoms with Gasteiger partial charge in [0.15, 0.2) is 5.11 Å². The molecule has 1 aromatic carbocycles. The van der Waals surface area contributed by atoms with E-state index >= 15 is 0 Å². The van der Waals surface area contributed by atoms with E-state index in [9.17, 15) is 0 Å². The van der Waals surface area contributed by atoms with Crippen molar-refractivity contribution in [2.75, 3.05) is 12.4 Å². The van der Waals surface area contributed by atoms with Gasteiger partial charge in [-0.25, -0.2) is 0 Å². The minimum Gasteiger partial charge on any atom is -0.495 e. The first kappa shape index (κ1) is 13.1. The zero-order chi connectivity index (χ0) is 13.5. The van der Waals surface area contributed by atoms with Crippen LogP contribution in [0, 0.1) is 0 Å². The normalized spacial score (nSPS) is 10.4. The van der Waals surface area contributed by atoms with Crippen LogP contribution in [0.25, 0.3) is 0 Å². The molecule has 0 spiro atoms. The van der Waals surface area contributed by atoms with E-state index in [0.717, 1.165) is 5.69 Å².